The van der Waals surface area contributed by atoms with Crippen molar-refractivity contribution in [1.82, 2.24) is 15.1 Å². The number of benzene rings is 1. The zero-order chi connectivity index (χ0) is 20.5. The fraction of sp³-hybridized carbons (Fsp3) is 0.696. The summed E-state index contributed by atoms with van der Waals surface area (Å²) in [7, 11) is 0. The number of aliphatic hydroxyl groups is 1. The minimum atomic E-state index is -0.454. The lowest BCUT2D eigenvalue weighted by Crippen LogP contribution is -2.43. The van der Waals surface area contributed by atoms with E-state index in [-0.39, 0.29) is 5.91 Å². The van der Waals surface area contributed by atoms with Crippen molar-refractivity contribution in [2.45, 2.75) is 64.1 Å². The Bertz CT molecular complexity index is 624. The average Bonchev–Trinajstić information content (AvgIpc) is 2.96. The lowest BCUT2D eigenvalue weighted by molar-refractivity contribution is -0.119. The number of β-amino-alcohol motifs (C(OH)–C–C–N with tert-alkyl or cyclic N) is 1. The normalized spacial score (nSPS) is 20.8. The molecule has 1 amide bonds. The van der Waals surface area contributed by atoms with Crippen molar-refractivity contribution in [2.24, 2.45) is 0 Å². The molecule has 2 aliphatic rings. The van der Waals surface area contributed by atoms with Gasteiger partial charge in [-0.15, -0.1) is 0 Å². The van der Waals surface area contributed by atoms with Crippen LogP contribution >= 0.6 is 0 Å². The number of nitrogens with one attached hydrogen (secondary N) is 1. The number of likely N-dealkylation sites (tertiary alicyclic amines) is 2. The standard InChI is InChI=1S/C23H37N3O3/c1-19(27)24-21-9-13-26(14-10-21)16-20-7-6-8-23(15-20)29-18-22(28)17-25-11-4-2-3-5-12-25/h6-8,15,21-22,28H,2-5,9-14,16-18H2,1H3,(H,24,27). The lowest BCUT2D eigenvalue weighted by Gasteiger charge is -2.32. The van der Waals surface area contributed by atoms with Gasteiger partial charge in [-0.25, -0.2) is 0 Å². The number of amides is 1. The van der Waals surface area contributed by atoms with Crippen LogP contribution in [0.2, 0.25) is 0 Å². The summed E-state index contributed by atoms with van der Waals surface area (Å²) >= 11 is 0. The molecule has 1 aromatic carbocycles. The molecule has 1 aromatic rings. The number of aliphatic hydroxyl groups excluding tert-OH is 1. The van der Waals surface area contributed by atoms with Crippen LogP contribution in [-0.4, -0.2) is 72.3 Å². The highest BCUT2D eigenvalue weighted by molar-refractivity contribution is 5.73. The summed E-state index contributed by atoms with van der Waals surface area (Å²) in [6, 6.07) is 8.50. The highest BCUT2D eigenvalue weighted by Crippen LogP contribution is 2.18. The van der Waals surface area contributed by atoms with Gasteiger partial charge < -0.3 is 20.1 Å². The van der Waals surface area contributed by atoms with Crippen LogP contribution in [0.15, 0.2) is 24.3 Å². The first-order valence-electron chi connectivity index (χ1n) is 11.2. The second kappa shape index (κ2) is 11.5. The predicted molar refractivity (Wildman–Crippen MR) is 115 cm³/mol. The molecule has 2 aliphatic heterocycles. The van der Waals surface area contributed by atoms with Crippen molar-refractivity contribution < 1.29 is 14.6 Å². The van der Waals surface area contributed by atoms with Gasteiger partial charge in [0.25, 0.3) is 0 Å². The van der Waals surface area contributed by atoms with Gasteiger partial charge in [0.15, 0.2) is 0 Å². The van der Waals surface area contributed by atoms with Crippen LogP contribution in [0.5, 0.6) is 5.75 Å². The molecule has 2 saturated heterocycles. The Labute approximate surface area is 175 Å². The van der Waals surface area contributed by atoms with Gasteiger partial charge in [0.05, 0.1) is 0 Å². The van der Waals surface area contributed by atoms with Crippen LogP contribution in [-0.2, 0) is 11.3 Å². The van der Waals surface area contributed by atoms with Crippen molar-refractivity contribution in [3.63, 3.8) is 0 Å². The average molecular weight is 404 g/mol. The van der Waals surface area contributed by atoms with Gasteiger partial charge in [-0.3, -0.25) is 9.69 Å². The van der Waals surface area contributed by atoms with Crippen LogP contribution < -0.4 is 10.1 Å². The molecule has 1 atom stereocenters. The number of hydrogen-bond acceptors (Lipinski definition) is 5. The third kappa shape index (κ3) is 7.96. The van der Waals surface area contributed by atoms with Gasteiger partial charge in [0.2, 0.25) is 5.91 Å². The first kappa shape index (κ1) is 22.1. The first-order valence-corrected chi connectivity index (χ1v) is 11.2. The number of ether oxygens (including phenoxy) is 1. The Hall–Kier alpha value is -1.63. The quantitative estimate of drug-likeness (QED) is 0.698. The van der Waals surface area contributed by atoms with Gasteiger partial charge in [-0.1, -0.05) is 25.0 Å². The van der Waals surface area contributed by atoms with Crippen molar-refractivity contribution in [2.75, 3.05) is 39.3 Å². The number of carbonyl (C=O) groups is 1. The molecule has 0 spiro atoms. The molecule has 0 aromatic heterocycles. The number of piperidine rings is 1. The molecular weight excluding hydrogens is 366 g/mol. The van der Waals surface area contributed by atoms with Gasteiger partial charge in [-0.05, 0) is 56.5 Å². The Morgan fingerprint density at radius 1 is 1.14 bits per heavy atom. The van der Waals surface area contributed by atoms with E-state index in [1.165, 1.54) is 31.2 Å². The van der Waals surface area contributed by atoms with Gasteiger partial charge in [-0.2, -0.15) is 0 Å². The summed E-state index contributed by atoms with van der Waals surface area (Å²) in [6.07, 6.45) is 6.62. The topological polar surface area (TPSA) is 65.0 Å². The molecule has 2 heterocycles. The maximum absolute atomic E-state index is 11.2. The first-order chi connectivity index (χ1) is 14.1. The number of rotatable bonds is 8. The van der Waals surface area contributed by atoms with Crippen molar-refractivity contribution in [3.05, 3.63) is 29.8 Å². The summed E-state index contributed by atoms with van der Waals surface area (Å²) in [4.78, 5) is 16.0. The molecule has 6 heteroatoms. The summed E-state index contributed by atoms with van der Waals surface area (Å²) in [6.45, 7) is 7.67. The second-order valence-corrected chi connectivity index (χ2v) is 8.58. The van der Waals surface area contributed by atoms with Crippen LogP contribution in [0.25, 0.3) is 0 Å². The van der Waals surface area contributed by atoms with Gasteiger partial charge in [0.1, 0.15) is 18.5 Å². The van der Waals surface area contributed by atoms with E-state index >= 15 is 0 Å². The largest absolute Gasteiger partial charge is 0.491 e. The highest BCUT2D eigenvalue weighted by atomic mass is 16.5. The molecule has 2 fully saturated rings. The monoisotopic (exact) mass is 403 g/mol. The maximum atomic E-state index is 11.2. The minimum Gasteiger partial charge on any atom is -0.491 e. The molecule has 0 bridgehead atoms. The molecule has 2 N–H and O–H groups in total. The van der Waals surface area contributed by atoms with E-state index in [0.717, 1.165) is 51.3 Å². The van der Waals surface area contributed by atoms with E-state index < -0.39 is 6.10 Å². The summed E-state index contributed by atoms with van der Waals surface area (Å²) in [5, 5.41) is 13.4. The predicted octanol–water partition coefficient (Wildman–Crippen LogP) is 2.40. The smallest absolute Gasteiger partial charge is 0.217 e. The Balaban J connectivity index is 1.40. The molecule has 0 aliphatic carbocycles. The van der Waals surface area contributed by atoms with Crippen molar-refractivity contribution in [1.29, 1.82) is 0 Å². The van der Waals surface area contributed by atoms with Crippen LogP contribution in [0.4, 0.5) is 0 Å². The molecule has 1 unspecified atom stereocenters. The minimum absolute atomic E-state index is 0.0614. The summed E-state index contributed by atoms with van der Waals surface area (Å²) in [5.41, 5.74) is 1.22. The number of nitrogens with zero attached hydrogens (tertiary/aromatic N) is 2. The van der Waals surface area contributed by atoms with E-state index in [2.05, 4.69) is 27.2 Å². The Morgan fingerprint density at radius 3 is 2.55 bits per heavy atom. The summed E-state index contributed by atoms with van der Waals surface area (Å²) < 4.78 is 5.89. The van der Waals surface area contributed by atoms with Gasteiger partial charge >= 0.3 is 0 Å². The summed E-state index contributed by atoms with van der Waals surface area (Å²) in [5.74, 6) is 0.886. The van der Waals surface area contributed by atoms with Crippen molar-refractivity contribution in [3.8, 4) is 5.75 Å². The van der Waals surface area contributed by atoms with E-state index in [1.54, 1.807) is 6.92 Å². The van der Waals surface area contributed by atoms with Crippen LogP contribution in [0.3, 0.4) is 0 Å². The zero-order valence-electron chi connectivity index (χ0n) is 17.8. The molecular formula is C23H37N3O3. The van der Waals surface area contributed by atoms with Gasteiger partial charge in [0, 0.05) is 39.1 Å². The van der Waals surface area contributed by atoms with Crippen LogP contribution in [0, 0.1) is 0 Å². The fourth-order valence-electron chi connectivity index (χ4n) is 4.38. The third-order valence-electron chi connectivity index (χ3n) is 5.91. The highest BCUT2D eigenvalue weighted by Gasteiger charge is 2.20. The molecule has 0 radical (unpaired) electrons. The third-order valence-corrected chi connectivity index (χ3v) is 5.91. The van der Waals surface area contributed by atoms with Crippen LogP contribution in [0.1, 0.15) is 51.0 Å². The molecule has 6 nitrogen and oxygen atoms in total. The molecule has 162 valence electrons. The number of carbonyl (C=O) groups excluding carboxylic acids is 1. The second-order valence-electron chi connectivity index (χ2n) is 8.58. The van der Waals surface area contributed by atoms with E-state index in [4.69, 9.17) is 4.74 Å². The molecule has 29 heavy (non-hydrogen) atoms. The molecule has 0 saturated carbocycles. The maximum Gasteiger partial charge on any atom is 0.217 e. The Kier molecular flexibility index (Phi) is 8.77. The zero-order valence-corrected chi connectivity index (χ0v) is 17.8. The number of hydrogen-bond donors (Lipinski definition) is 2. The van der Waals surface area contributed by atoms with E-state index in [0.29, 0.717) is 19.2 Å². The van der Waals surface area contributed by atoms with E-state index in [9.17, 15) is 9.90 Å². The van der Waals surface area contributed by atoms with Crippen molar-refractivity contribution >= 4 is 5.91 Å². The Morgan fingerprint density at radius 2 is 1.86 bits per heavy atom. The SMILES string of the molecule is CC(=O)NC1CCN(Cc2cccc(OCC(O)CN3CCCCCC3)c2)CC1. The molecule has 3 rings (SSSR count). The van der Waals surface area contributed by atoms with E-state index in [1.807, 2.05) is 12.1 Å². The fourth-order valence-corrected chi connectivity index (χ4v) is 4.38. The lowest BCUT2D eigenvalue weighted by atomic mass is 10.0.